The maximum atomic E-state index is 11.3. The number of benzene rings is 2. The van der Waals surface area contributed by atoms with Gasteiger partial charge in [-0.15, -0.1) is 0 Å². The van der Waals surface area contributed by atoms with E-state index in [1.54, 1.807) is 0 Å². The third-order valence-electron chi connectivity index (χ3n) is 3.45. The topological polar surface area (TPSA) is 55.8 Å². The predicted molar refractivity (Wildman–Crippen MR) is 76.4 cm³/mol. The SMILES string of the molecule is O=P(O)(OCl)OCC1c2ccccc2-c2ccccc21. The fraction of sp³-hybridized carbons (Fsp3) is 0.143. The van der Waals surface area contributed by atoms with Crippen LogP contribution in [0.4, 0.5) is 0 Å². The van der Waals surface area contributed by atoms with E-state index in [9.17, 15) is 9.46 Å². The number of rotatable bonds is 4. The van der Waals surface area contributed by atoms with Crippen molar-refractivity contribution in [3.05, 3.63) is 59.7 Å². The van der Waals surface area contributed by atoms with Crippen molar-refractivity contribution < 1.29 is 18.1 Å². The normalized spacial score (nSPS) is 16.5. The lowest BCUT2D eigenvalue weighted by Gasteiger charge is -2.15. The van der Waals surface area contributed by atoms with Gasteiger partial charge < -0.3 is 4.89 Å². The first-order valence-corrected chi connectivity index (χ1v) is 7.89. The van der Waals surface area contributed by atoms with Crippen molar-refractivity contribution in [2.75, 3.05) is 6.61 Å². The van der Waals surface area contributed by atoms with Crippen LogP contribution in [-0.4, -0.2) is 11.5 Å². The Kier molecular flexibility index (Phi) is 3.67. The van der Waals surface area contributed by atoms with Crippen LogP contribution in [0.3, 0.4) is 0 Å². The van der Waals surface area contributed by atoms with E-state index in [0.29, 0.717) is 0 Å². The Labute approximate surface area is 121 Å². The summed E-state index contributed by atoms with van der Waals surface area (Å²) >= 11 is 4.94. The second-order valence-electron chi connectivity index (χ2n) is 4.56. The van der Waals surface area contributed by atoms with E-state index in [1.807, 2.05) is 48.5 Å². The monoisotopic (exact) mass is 310 g/mol. The summed E-state index contributed by atoms with van der Waals surface area (Å²) in [6.45, 7) is 0.0362. The van der Waals surface area contributed by atoms with Crippen LogP contribution in [0.1, 0.15) is 17.0 Å². The summed E-state index contributed by atoms with van der Waals surface area (Å²) < 4.78 is 20.2. The number of hydrogen-bond acceptors (Lipinski definition) is 3. The van der Waals surface area contributed by atoms with Crippen LogP contribution in [0.5, 0.6) is 0 Å². The largest absolute Gasteiger partial charge is 0.488 e. The summed E-state index contributed by atoms with van der Waals surface area (Å²) in [7, 11) is -4.18. The zero-order valence-electron chi connectivity index (χ0n) is 10.4. The first kappa shape index (κ1) is 13.8. The van der Waals surface area contributed by atoms with Crippen LogP contribution in [0.25, 0.3) is 11.1 Å². The number of phosphoric ester groups is 1. The van der Waals surface area contributed by atoms with Gasteiger partial charge in [0.15, 0.2) is 0 Å². The summed E-state index contributed by atoms with van der Waals surface area (Å²) in [5.74, 6) is -0.102. The van der Waals surface area contributed by atoms with Crippen molar-refractivity contribution in [1.82, 2.24) is 0 Å². The average molecular weight is 311 g/mol. The Morgan fingerprint density at radius 3 is 2.05 bits per heavy atom. The average Bonchev–Trinajstić information content (AvgIpc) is 2.80. The zero-order chi connectivity index (χ0) is 14.2. The number of halogens is 1. The number of hydrogen-bond donors (Lipinski definition) is 1. The van der Waals surface area contributed by atoms with E-state index >= 15 is 0 Å². The van der Waals surface area contributed by atoms with Gasteiger partial charge in [0.2, 0.25) is 0 Å². The smallest absolute Gasteiger partial charge is 0.302 e. The molecule has 0 aliphatic heterocycles. The molecular weight excluding hydrogens is 299 g/mol. The highest BCUT2D eigenvalue weighted by Crippen LogP contribution is 2.49. The molecule has 1 atom stereocenters. The molecule has 0 heterocycles. The molecule has 1 N–H and O–H groups in total. The van der Waals surface area contributed by atoms with Crippen LogP contribution in [0, 0.1) is 0 Å². The highest BCUT2D eigenvalue weighted by Gasteiger charge is 2.31. The van der Waals surface area contributed by atoms with Gasteiger partial charge in [0, 0.05) is 5.92 Å². The Hall–Kier alpha value is -1.16. The predicted octanol–water partition coefficient (Wildman–Crippen LogP) is 4.09. The molecule has 0 amide bonds. The van der Waals surface area contributed by atoms with Crippen molar-refractivity contribution >= 4 is 19.7 Å². The van der Waals surface area contributed by atoms with Crippen molar-refractivity contribution in [2.24, 2.45) is 0 Å². The summed E-state index contributed by atoms with van der Waals surface area (Å²) in [5, 5.41) is 0. The zero-order valence-corrected chi connectivity index (χ0v) is 12.1. The molecule has 1 unspecified atom stereocenters. The summed E-state index contributed by atoms with van der Waals surface area (Å²) in [5.41, 5.74) is 4.39. The minimum absolute atomic E-state index is 0.0362. The van der Waals surface area contributed by atoms with Gasteiger partial charge in [0.25, 0.3) is 0 Å². The number of fused-ring (bicyclic) bond motifs is 3. The Balaban J connectivity index is 1.97. The first-order valence-electron chi connectivity index (χ1n) is 6.08. The van der Waals surface area contributed by atoms with Gasteiger partial charge in [-0.2, -0.15) is 4.08 Å². The van der Waals surface area contributed by atoms with Crippen molar-refractivity contribution in [3.63, 3.8) is 0 Å². The van der Waals surface area contributed by atoms with E-state index in [-0.39, 0.29) is 12.5 Å². The third-order valence-corrected chi connectivity index (χ3v) is 4.63. The summed E-state index contributed by atoms with van der Waals surface area (Å²) in [4.78, 5) is 9.26. The molecule has 6 heteroatoms. The number of phosphoric acid groups is 1. The highest BCUT2D eigenvalue weighted by molar-refractivity contribution is 7.48. The van der Waals surface area contributed by atoms with E-state index in [4.69, 9.17) is 16.4 Å². The van der Waals surface area contributed by atoms with Gasteiger partial charge in [0.1, 0.15) is 0 Å². The molecule has 0 aromatic heterocycles. The molecule has 4 nitrogen and oxygen atoms in total. The van der Waals surface area contributed by atoms with Gasteiger partial charge in [-0.05, 0) is 22.3 Å². The van der Waals surface area contributed by atoms with Crippen molar-refractivity contribution in [3.8, 4) is 11.1 Å². The molecule has 1 aliphatic rings. The Bertz CT molecular complexity index is 643. The molecule has 0 saturated carbocycles. The second kappa shape index (κ2) is 5.32. The lowest BCUT2D eigenvalue weighted by molar-refractivity contribution is 0.203. The molecule has 0 bridgehead atoms. The molecular formula is C14H12ClO4P. The minimum atomic E-state index is -4.18. The van der Waals surface area contributed by atoms with Gasteiger partial charge in [-0.3, -0.25) is 4.52 Å². The molecule has 2 aromatic carbocycles. The van der Waals surface area contributed by atoms with E-state index in [0.717, 1.165) is 22.3 Å². The highest BCUT2D eigenvalue weighted by atomic mass is 35.5. The van der Waals surface area contributed by atoms with E-state index in [2.05, 4.69) is 4.08 Å². The molecule has 1 aliphatic carbocycles. The molecule has 2 aromatic rings. The van der Waals surface area contributed by atoms with Crippen LogP contribution < -0.4 is 0 Å². The lowest BCUT2D eigenvalue weighted by atomic mass is 9.98. The van der Waals surface area contributed by atoms with E-state index in [1.165, 1.54) is 0 Å². The van der Waals surface area contributed by atoms with Crippen LogP contribution in [-0.2, 0) is 13.2 Å². The third kappa shape index (κ3) is 2.41. The maximum absolute atomic E-state index is 11.3. The fourth-order valence-electron chi connectivity index (χ4n) is 2.63. The van der Waals surface area contributed by atoms with Crippen LogP contribution in [0.2, 0.25) is 0 Å². The second-order valence-corrected chi connectivity index (χ2v) is 6.31. The minimum Gasteiger partial charge on any atom is -0.302 e. The summed E-state index contributed by atoms with van der Waals surface area (Å²) in [6.07, 6.45) is 0. The molecule has 0 spiro atoms. The van der Waals surface area contributed by atoms with Gasteiger partial charge >= 0.3 is 7.82 Å². The van der Waals surface area contributed by atoms with E-state index < -0.39 is 7.82 Å². The summed E-state index contributed by atoms with van der Waals surface area (Å²) in [6, 6.07) is 15.9. The lowest BCUT2D eigenvalue weighted by Crippen LogP contribution is -2.05. The first-order chi connectivity index (χ1) is 9.62. The standard InChI is InChI=1S/C14H12ClO4P/c15-19-20(16,17)18-9-14-12-7-3-1-5-10(12)11-6-2-4-8-13(11)14/h1-8,14H,9H2,(H,16,17). The van der Waals surface area contributed by atoms with Crippen molar-refractivity contribution in [2.45, 2.75) is 5.92 Å². The quantitative estimate of drug-likeness (QED) is 0.864. The molecule has 0 fully saturated rings. The van der Waals surface area contributed by atoms with Gasteiger partial charge in [-0.1, -0.05) is 48.5 Å². The molecule has 3 rings (SSSR count). The molecule has 104 valence electrons. The molecule has 0 radical (unpaired) electrons. The van der Waals surface area contributed by atoms with Crippen molar-refractivity contribution in [1.29, 1.82) is 0 Å². The van der Waals surface area contributed by atoms with Gasteiger partial charge in [-0.25, -0.2) is 4.57 Å². The van der Waals surface area contributed by atoms with Crippen LogP contribution >= 0.6 is 19.7 Å². The maximum Gasteiger partial charge on any atom is 0.488 e. The fourth-order valence-corrected chi connectivity index (χ4v) is 3.12. The molecule has 0 saturated heterocycles. The van der Waals surface area contributed by atoms with Crippen LogP contribution in [0.15, 0.2) is 48.5 Å². The Morgan fingerprint density at radius 2 is 1.55 bits per heavy atom. The Morgan fingerprint density at radius 1 is 1.05 bits per heavy atom. The van der Waals surface area contributed by atoms with Gasteiger partial charge in [0.05, 0.1) is 18.5 Å². The molecule has 20 heavy (non-hydrogen) atoms.